The van der Waals surface area contributed by atoms with E-state index in [4.69, 9.17) is 0 Å². The van der Waals surface area contributed by atoms with Gasteiger partial charge in [0.05, 0.1) is 0 Å². The van der Waals surface area contributed by atoms with Gasteiger partial charge < -0.3 is 10.6 Å². The van der Waals surface area contributed by atoms with Crippen LogP contribution >= 0.6 is 0 Å². The smallest absolute Gasteiger partial charge is 0.325 e. The van der Waals surface area contributed by atoms with Gasteiger partial charge in [0.1, 0.15) is 12.1 Å². The summed E-state index contributed by atoms with van der Waals surface area (Å²) >= 11 is 0. The molecule has 1 saturated heterocycles. The number of benzene rings is 2. The molecule has 152 valence electrons. The zero-order valence-corrected chi connectivity index (χ0v) is 17.3. The number of carbonyl (C=O) groups is 3. The van der Waals surface area contributed by atoms with Gasteiger partial charge in [0.15, 0.2) is 0 Å². The quantitative estimate of drug-likeness (QED) is 0.767. The van der Waals surface area contributed by atoms with Crippen LogP contribution in [-0.4, -0.2) is 29.3 Å². The summed E-state index contributed by atoms with van der Waals surface area (Å²) in [5.41, 5.74) is 1.58. The summed E-state index contributed by atoms with van der Waals surface area (Å²) in [5, 5.41) is 5.49. The molecule has 0 saturated carbocycles. The number of amides is 4. The van der Waals surface area contributed by atoms with Crippen molar-refractivity contribution in [1.29, 1.82) is 0 Å². The Balaban J connectivity index is 1.69. The number of imide groups is 1. The zero-order chi connectivity index (χ0) is 21.2. The molecule has 1 fully saturated rings. The van der Waals surface area contributed by atoms with Crippen LogP contribution in [0.2, 0.25) is 0 Å². The van der Waals surface area contributed by atoms with Crippen molar-refractivity contribution in [3.63, 3.8) is 0 Å². The third kappa shape index (κ3) is 4.31. The van der Waals surface area contributed by atoms with E-state index in [1.165, 1.54) is 0 Å². The molecule has 2 aromatic carbocycles. The Bertz CT molecular complexity index is 917. The number of nitrogens with one attached hydrogen (secondary N) is 2. The Morgan fingerprint density at radius 3 is 2.24 bits per heavy atom. The predicted octanol–water partition coefficient (Wildman–Crippen LogP) is 3.07. The molecule has 3 rings (SSSR count). The van der Waals surface area contributed by atoms with E-state index in [2.05, 4.69) is 31.4 Å². The molecular weight excluding hydrogens is 366 g/mol. The lowest BCUT2D eigenvalue weighted by molar-refractivity contribution is -0.134. The number of hydrogen-bond acceptors (Lipinski definition) is 3. The first-order chi connectivity index (χ1) is 13.6. The third-order valence-corrected chi connectivity index (χ3v) is 5.24. The molecule has 1 aliphatic rings. The summed E-state index contributed by atoms with van der Waals surface area (Å²) in [4.78, 5) is 38.7. The minimum atomic E-state index is -1.19. The van der Waals surface area contributed by atoms with Crippen molar-refractivity contribution < 1.29 is 14.4 Å². The summed E-state index contributed by atoms with van der Waals surface area (Å²) in [7, 11) is 0. The number of urea groups is 1. The van der Waals surface area contributed by atoms with Crippen LogP contribution in [0.15, 0.2) is 54.6 Å². The van der Waals surface area contributed by atoms with Crippen LogP contribution in [0.1, 0.15) is 44.4 Å². The minimum absolute atomic E-state index is 0.00869. The Kier molecular flexibility index (Phi) is 5.46. The van der Waals surface area contributed by atoms with Crippen LogP contribution in [0, 0.1) is 0 Å². The molecule has 0 radical (unpaired) electrons. The Morgan fingerprint density at radius 2 is 1.66 bits per heavy atom. The molecule has 2 aromatic rings. The molecule has 1 atom stereocenters. The number of carbonyl (C=O) groups excluding carboxylic acids is 3. The molecule has 1 aliphatic heterocycles. The van der Waals surface area contributed by atoms with Crippen molar-refractivity contribution in [2.75, 3.05) is 6.54 Å². The first kappa shape index (κ1) is 20.6. The second-order valence-corrected chi connectivity index (χ2v) is 8.54. The predicted molar refractivity (Wildman–Crippen MR) is 111 cm³/mol. The molecular formula is C23H27N3O3. The minimum Gasteiger partial charge on any atom is -0.350 e. The maximum Gasteiger partial charge on any atom is 0.325 e. The largest absolute Gasteiger partial charge is 0.350 e. The van der Waals surface area contributed by atoms with Gasteiger partial charge in [-0.25, -0.2) is 4.79 Å². The van der Waals surface area contributed by atoms with Crippen LogP contribution in [0.3, 0.4) is 0 Å². The fourth-order valence-corrected chi connectivity index (χ4v) is 3.34. The van der Waals surface area contributed by atoms with Crippen LogP contribution in [0.25, 0.3) is 0 Å². The second kappa shape index (κ2) is 7.70. The summed E-state index contributed by atoms with van der Waals surface area (Å²) in [6.07, 6.45) is 0. The van der Waals surface area contributed by atoms with E-state index >= 15 is 0 Å². The van der Waals surface area contributed by atoms with E-state index in [1.54, 1.807) is 6.92 Å². The van der Waals surface area contributed by atoms with Gasteiger partial charge in [0.2, 0.25) is 5.91 Å². The van der Waals surface area contributed by atoms with Crippen molar-refractivity contribution in [3.8, 4) is 0 Å². The molecule has 6 nitrogen and oxygen atoms in total. The summed E-state index contributed by atoms with van der Waals surface area (Å²) < 4.78 is 0. The topological polar surface area (TPSA) is 78.5 Å². The van der Waals surface area contributed by atoms with Gasteiger partial charge in [-0.1, -0.05) is 75.4 Å². The molecule has 0 aromatic heterocycles. The lowest BCUT2D eigenvalue weighted by Gasteiger charge is -2.24. The van der Waals surface area contributed by atoms with Crippen LogP contribution in [0.4, 0.5) is 4.79 Å². The van der Waals surface area contributed by atoms with E-state index in [1.807, 2.05) is 54.6 Å². The SMILES string of the molecule is CC(C)(C)c1ccc(C2(C)NC(=O)N(CC(=O)NCc3ccccc3)C2=O)cc1. The Labute approximate surface area is 171 Å². The first-order valence-corrected chi connectivity index (χ1v) is 9.67. The maximum atomic E-state index is 13.0. The fraction of sp³-hybridized carbons (Fsp3) is 0.348. The molecule has 0 spiro atoms. The van der Waals surface area contributed by atoms with E-state index in [-0.39, 0.29) is 17.9 Å². The molecule has 0 aliphatic carbocycles. The number of hydrogen-bond donors (Lipinski definition) is 2. The molecule has 0 bridgehead atoms. The third-order valence-electron chi connectivity index (χ3n) is 5.24. The van der Waals surface area contributed by atoms with Gasteiger partial charge in [-0.05, 0) is 29.0 Å². The first-order valence-electron chi connectivity index (χ1n) is 9.67. The average molecular weight is 393 g/mol. The van der Waals surface area contributed by atoms with E-state index in [0.717, 1.165) is 16.0 Å². The second-order valence-electron chi connectivity index (χ2n) is 8.54. The lowest BCUT2D eigenvalue weighted by Crippen LogP contribution is -2.43. The molecule has 1 heterocycles. The highest BCUT2D eigenvalue weighted by atomic mass is 16.2. The normalized spacial score (nSPS) is 19.2. The zero-order valence-electron chi connectivity index (χ0n) is 17.3. The van der Waals surface area contributed by atoms with Gasteiger partial charge >= 0.3 is 6.03 Å². The van der Waals surface area contributed by atoms with E-state index in [0.29, 0.717) is 12.1 Å². The summed E-state index contributed by atoms with van der Waals surface area (Å²) in [5.74, 6) is -0.814. The number of nitrogens with zero attached hydrogens (tertiary/aromatic N) is 1. The Morgan fingerprint density at radius 1 is 1.03 bits per heavy atom. The van der Waals surface area contributed by atoms with Crippen LogP contribution in [-0.2, 0) is 27.1 Å². The summed E-state index contributed by atoms with van der Waals surface area (Å²) in [6.45, 7) is 8.04. The van der Waals surface area contributed by atoms with Gasteiger partial charge in [-0.3, -0.25) is 14.5 Å². The molecule has 1 unspecified atom stereocenters. The van der Waals surface area contributed by atoms with E-state index in [9.17, 15) is 14.4 Å². The van der Waals surface area contributed by atoms with Crippen LogP contribution in [0.5, 0.6) is 0 Å². The molecule has 2 N–H and O–H groups in total. The van der Waals surface area contributed by atoms with Crippen LogP contribution < -0.4 is 10.6 Å². The molecule has 6 heteroatoms. The molecule has 29 heavy (non-hydrogen) atoms. The van der Waals surface area contributed by atoms with Gasteiger partial charge in [0.25, 0.3) is 5.91 Å². The van der Waals surface area contributed by atoms with Crippen molar-refractivity contribution in [2.24, 2.45) is 0 Å². The lowest BCUT2D eigenvalue weighted by atomic mass is 9.84. The maximum absolute atomic E-state index is 13.0. The monoisotopic (exact) mass is 393 g/mol. The summed E-state index contributed by atoms with van der Waals surface area (Å²) in [6, 6.07) is 16.5. The van der Waals surface area contributed by atoms with Crippen molar-refractivity contribution in [2.45, 2.75) is 45.2 Å². The highest BCUT2D eigenvalue weighted by Gasteiger charge is 2.49. The Hall–Kier alpha value is -3.15. The van der Waals surface area contributed by atoms with Gasteiger partial charge in [-0.2, -0.15) is 0 Å². The van der Waals surface area contributed by atoms with Gasteiger partial charge in [-0.15, -0.1) is 0 Å². The van der Waals surface area contributed by atoms with Gasteiger partial charge in [0, 0.05) is 6.54 Å². The van der Waals surface area contributed by atoms with Crippen molar-refractivity contribution in [1.82, 2.24) is 15.5 Å². The van der Waals surface area contributed by atoms with E-state index < -0.39 is 17.5 Å². The van der Waals surface area contributed by atoms with Crippen molar-refractivity contribution in [3.05, 3.63) is 71.3 Å². The highest BCUT2D eigenvalue weighted by molar-refractivity contribution is 6.09. The number of rotatable bonds is 5. The fourth-order valence-electron chi connectivity index (χ4n) is 3.34. The highest BCUT2D eigenvalue weighted by Crippen LogP contribution is 2.31. The van der Waals surface area contributed by atoms with Crippen molar-refractivity contribution >= 4 is 17.8 Å². The molecule has 4 amide bonds. The standard InChI is InChI=1S/C23H27N3O3/c1-22(2,3)17-10-12-18(13-11-17)23(4)20(28)26(21(29)25-23)15-19(27)24-14-16-8-6-5-7-9-16/h5-13H,14-15H2,1-4H3,(H,24,27)(H,25,29). The average Bonchev–Trinajstić information content (AvgIpc) is 2.91.